The first kappa shape index (κ1) is 2.94. The molecule has 1 heterocycles. The molecule has 0 amide bonds. The molecule has 0 bridgehead atoms. The molecule has 1 aliphatic rings. The van der Waals surface area contributed by atoms with Crippen LogP contribution < -0.4 is 0 Å². The number of nitrogens with zero attached hydrogens (tertiary/aromatic N) is 1. The van der Waals surface area contributed by atoms with Gasteiger partial charge in [0.1, 0.15) is 0 Å². The van der Waals surface area contributed by atoms with Gasteiger partial charge in [-0.3, -0.25) is 4.98 Å². The summed E-state index contributed by atoms with van der Waals surface area (Å²) >= 11 is 3.18. The Hall–Kier alpha value is -0.370. The number of pyridine rings is 1. The Labute approximate surface area is 75.6 Å². The van der Waals surface area contributed by atoms with E-state index in [0.717, 1.165) is 4.47 Å². The topological polar surface area (TPSA) is 12.9 Å². The predicted molar refractivity (Wildman–Crippen MR) is 43.9 cm³/mol. The van der Waals surface area contributed by atoms with Crippen LogP contribution in [0.15, 0.2) is 22.8 Å². The summed E-state index contributed by atoms with van der Waals surface area (Å²) in [5, 5.41) is 0. The lowest BCUT2D eigenvalue weighted by Gasteiger charge is -1.94. The van der Waals surface area contributed by atoms with Gasteiger partial charge in [0.2, 0.25) is 0 Å². The highest BCUT2D eigenvalue weighted by atomic mass is 79.9. The fourth-order valence-electron chi connectivity index (χ4n) is 0.683. The van der Waals surface area contributed by atoms with Crippen molar-refractivity contribution in [2.75, 3.05) is 0 Å². The van der Waals surface area contributed by atoms with E-state index in [2.05, 4.69) is 20.9 Å². The maximum atomic E-state index is 7.83. The first-order valence-electron chi connectivity index (χ1n) is 5.37. The van der Waals surface area contributed by atoms with Crippen LogP contribution in [0.1, 0.15) is 31.2 Å². The number of aromatic nitrogens is 1. The zero-order chi connectivity index (χ0) is 11.5. The Bertz CT molecular complexity index is 388. The van der Waals surface area contributed by atoms with Crippen molar-refractivity contribution in [3.63, 3.8) is 0 Å². The third kappa shape index (κ3) is 1.21. The minimum absolute atomic E-state index is 0.126. The lowest BCUT2D eigenvalue weighted by Crippen LogP contribution is -1.82. The average molecular weight is 203 g/mol. The molecule has 1 saturated carbocycles. The smallest absolute Gasteiger partial charge is 0.0435 e. The van der Waals surface area contributed by atoms with Gasteiger partial charge in [-0.05, 0) is 40.8 Å². The van der Waals surface area contributed by atoms with Gasteiger partial charge in [-0.2, -0.15) is 0 Å². The van der Waals surface area contributed by atoms with Crippen LogP contribution >= 0.6 is 15.9 Å². The van der Waals surface area contributed by atoms with Crippen molar-refractivity contribution >= 4 is 15.9 Å². The fourth-order valence-corrected chi connectivity index (χ4v) is 0.918. The molecular weight excluding hydrogens is 190 g/mol. The van der Waals surface area contributed by atoms with E-state index in [1.807, 2.05) is 0 Å². The molecule has 0 atom stereocenters. The normalized spacial score (nSPS) is 37.9. The highest BCUT2D eigenvalue weighted by Gasteiger charge is 2.24. The minimum atomic E-state index is -2.18. The minimum Gasteiger partial charge on any atom is -0.260 e. The molecule has 1 aliphatic carbocycles. The molecule has 2 rings (SSSR count). The summed E-state index contributed by atoms with van der Waals surface area (Å²) in [4.78, 5) is 3.89. The van der Waals surface area contributed by atoms with Crippen LogP contribution in [0, 0.1) is 0 Å². The molecule has 0 aliphatic heterocycles. The van der Waals surface area contributed by atoms with E-state index < -0.39 is 18.6 Å². The second kappa shape index (κ2) is 2.35. The number of halogens is 1. The van der Waals surface area contributed by atoms with Gasteiger partial charge in [-0.15, -0.1) is 0 Å². The van der Waals surface area contributed by atoms with E-state index in [1.165, 1.54) is 12.3 Å². The SMILES string of the molecule is [2H]C1([2H])C([2H])([2H])C1([2H])c1ccc(Br)cn1. The van der Waals surface area contributed by atoms with Crippen LogP contribution in [0.3, 0.4) is 0 Å². The van der Waals surface area contributed by atoms with Gasteiger partial charge in [-0.25, -0.2) is 0 Å². The Balaban J connectivity index is 2.46. The zero-order valence-corrected chi connectivity index (χ0v) is 6.64. The average Bonchev–Trinajstić information content (AvgIpc) is 2.46. The van der Waals surface area contributed by atoms with E-state index in [-0.39, 0.29) is 5.69 Å². The van der Waals surface area contributed by atoms with Crippen LogP contribution in [-0.2, 0) is 0 Å². The molecule has 1 nitrogen and oxygen atoms in total. The largest absolute Gasteiger partial charge is 0.260 e. The van der Waals surface area contributed by atoms with Crippen molar-refractivity contribution in [2.24, 2.45) is 0 Å². The highest BCUT2D eigenvalue weighted by Crippen LogP contribution is 2.38. The van der Waals surface area contributed by atoms with Crippen LogP contribution in [0.2, 0.25) is 0 Å². The molecule has 2 heteroatoms. The summed E-state index contributed by atoms with van der Waals surface area (Å²) in [6, 6.07) is 3.10. The molecule has 0 aromatic carbocycles. The molecule has 0 spiro atoms. The summed E-state index contributed by atoms with van der Waals surface area (Å²) < 4.78 is 38.3. The molecule has 1 fully saturated rings. The maximum Gasteiger partial charge on any atom is 0.0435 e. The van der Waals surface area contributed by atoms with Crippen LogP contribution in [0.25, 0.3) is 0 Å². The molecular formula is C8H8BrN. The second-order valence-electron chi connectivity index (χ2n) is 1.99. The van der Waals surface area contributed by atoms with Crippen molar-refractivity contribution in [3.05, 3.63) is 28.5 Å². The van der Waals surface area contributed by atoms with Crippen LogP contribution in [0.5, 0.6) is 0 Å². The van der Waals surface area contributed by atoms with Gasteiger partial charge >= 0.3 is 0 Å². The summed E-state index contributed by atoms with van der Waals surface area (Å²) in [6.07, 6.45) is -2.92. The zero-order valence-electron chi connectivity index (χ0n) is 10.1. The van der Waals surface area contributed by atoms with Gasteiger partial charge < -0.3 is 0 Å². The molecule has 0 N–H and O–H groups in total. The standard InChI is InChI=1S/C8H8BrN/c9-7-3-4-8(10-5-7)6-1-2-6/h3-6H,1-2H2/i1D2,2D2,6D. The number of hydrogen-bond donors (Lipinski definition) is 0. The Morgan fingerprint density at radius 3 is 3.00 bits per heavy atom. The monoisotopic (exact) mass is 202 g/mol. The lowest BCUT2D eigenvalue weighted by molar-refractivity contribution is 1.02. The van der Waals surface area contributed by atoms with E-state index in [0.29, 0.717) is 0 Å². The van der Waals surface area contributed by atoms with E-state index in [1.54, 1.807) is 6.07 Å². The Morgan fingerprint density at radius 1 is 1.70 bits per heavy atom. The highest BCUT2D eigenvalue weighted by molar-refractivity contribution is 9.10. The van der Waals surface area contributed by atoms with Gasteiger partial charge in [0.15, 0.2) is 0 Å². The summed E-state index contributed by atoms with van der Waals surface area (Å²) in [5.41, 5.74) is 0.126. The van der Waals surface area contributed by atoms with Crippen molar-refractivity contribution < 1.29 is 6.85 Å². The number of hydrogen-bond acceptors (Lipinski definition) is 1. The predicted octanol–water partition coefficient (Wildman–Crippen LogP) is 2.72. The molecule has 0 radical (unpaired) electrons. The lowest BCUT2D eigenvalue weighted by atomic mass is 10.3. The van der Waals surface area contributed by atoms with Crippen molar-refractivity contribution in [3.8, 4) is 0 Å². The molecule has 0 unspecified atom stereocenters. The molecule has 1 aromatic rings. The quantitative estimate of drug-likeness (QED) is 0.683. The van der Waals surface area contributed by atoms with Gasteiger partial charge in [0.05, 0.1) is 0 Å². The van der Waals surface area contributed by atoms with Crippen LogP contribution in [-0.4, -0.2) is 4.98 Å². The van der Waals surface area contributed by atoms with Gasteiger partial charge in [0, 0.05) is 29.1 Å². The first-order chi connectivity index (χ1) is 6.75. The van der Waals surface area contributed by atoms with Crippen molar-refractivity contribution in [2.45, 2.75) is 18.6 Å². The molecule has 1 aromatic heterocycles. The maximum absolute atomic E-state index is 7.83. The molecule has 52 valence electrons. The fraction of sp³-hybridized carbons (Fsp3) is 0.375. The van der Waals surface area contributed by atoms with Gasteiger partial charge in [0.25, 0.3) is 0 Å². The third-order valence-electron chi connectivity index (χ3n) is 1.23. The third-order valence-corrected chi connectivity index (χ3v) is 1.70. The Kier molecular flexibility index (Phi) is 0.689. The van der Waals surface area contributed by atoms with E-state index in [4.69, 9.17) is 6.85 Å². The Morgan fingerprint density at radius 2 is 2.50 bits per heavy atom. The second-order valence-corrected chi connectivity index (χ2v) is 2.90. The van der Waals surface area contributed by atoms with Crippen LogP contribution in [0.4, 0.5) is 0 Å². The van der Waals surface area contributed by atoms with Gasteiger partial charge in [-0.1, -0.05) is 0 Å². The molecule has 10 heavy (non-hydrogen) atoms. The number of rotatable bonds is 1. The summed E-state index contributed by atoms with van der Waals surface area (Å²) in [5.74, 6) is -1.89. The molecule has 0 saturated heterocycles. The first-order valence-corrected chi connectivity index (χ1v) is 3.66. The summed E-state index contributed by atoms with van der Waals surface area (Å²) in [6.45, 7) is 0. The van der Waals surface area contributed by atoms with E-state index in [9.17, 15) is 0 Å². The van der Waals surface area contributed by atoms with E-state index >= 15 is 0 Å². The summed E-state index contributed by atoms with van der Waals surface area (Å²) in [7, 11) is 0. The van der Waals surface area contributed by atoms with Crippen molar-refractivity contribution in [1.82, 2.24) is 4.98 Å². The van der Waals surface area contributed by atoms with Crippen molar-refractivity contribution in [1.29, 1.82) is 0 Å².